The van der Waals surface area contributed by atoms with Gasteiger partial charge in [0, 0.05) is 19.5 Å². The molecule has 3 aromatic rings. The van der Waals surface area contributed by atoms with Crippen molar-refractivity contribution in [3.05, 3.63) is 78.8 Å². The molecule has 34 heavy (non-hydrogen) atoms. The van der Waals surface area contributed by atoms with E-state index in [0.717, 1.165) is 12.6 Å². The summed E-state index contributed by atoms with van der Waals surface area (Å²) in [7, 11) is 1.44. The predicted molar refractivity (Wildman–Crippen MR) is 122 cm³/mol. The molecule has 0 radical (unpaired) electrons. The maximum Gasteiger partial charge on any atom is 0.341 e. The van der Waals surface area contributed by atoms with E-state index in [-0.39, 0.29) is 42.8 Å². The smallest absolute Gasteiger partial charge is 0.341 e. The minimum atomic E-state index is -1.45. The van der Waals surface area contributed by atoms with Gasteiger partial charge in [0.2, 0.25) is 5.43 Å². The van der Waals surface area contributed by atoms with Crippen LogP contribution in [-0.2, 0) is 22.6 Å². The summed E-state index contributed by atoms with van der Waals surface area (Å²) in [4.78, 5) is 38.1. The van der Waals surface area contributed by atoms with E-state index in [4.69, 9.17) is 25.8 Å². The first-order valence-corrected chi connectivity index (χ1v) is 10.8. The quantitative estimate of drug-likeness (QED) is 0.322. The zero-order valence-corrected chi connectivity index (χ0v) is 19.4. The second kappa shape index (κ2) is 11.3. The van der Waals surface area contributed by atoms with Gasteiger partial charge in [-0.15, -0.1) is 0 Å². The van der Waals surface area contributed by atoms with Gasteiger partial charge in [-0.1, -0.05) is 31.0 Å². The number of aromatic nitrogens is 2. The van der Waals surface area contributed by atoms with Crippen LogP contribution in [0.5, 0.6) is 5.75 Å². The first-order valence-electron chi connectivity index (χ1n) is 10.5. The Bertz CT molecular complexity index is 1320. The third-order valence-electron chi connectivity index (χ3n) is 5.01. The van der Waals surface area contributed by atoms with Gasteiger partial charge in [-0.2, -0.15) is 0 Å². The average Bonchev–Trinajstić information content (AvgIpc) is 2.80. The molecule has 2 aromatic heterocycles. The zero-order chi connectivity index (χ0) is 24.8. The van der Waals surface area contributed by atoms with Crippen LogP contribution in [-0.4, -0.2) is 40.6 Å². The summed E-state index contributed by atoms with van der Waals surface area (Å²) < 4.78 is 32.1. The van der Waals surface area contributed by atoms with Crippen molar-refractivity contribution in [3.8, 4) is 5.75 Å². The van der Waals surface area contributed by atoms with Gasteiger partial charge in [0.05, 0.1) is 30.5 Å². The van der Waals surface area contributed by atoms with E-state index >= 15 is 0 Å². The molecule has 9 nitrogen and oxygen atoms in total. The van der Waals surface area contributed by atoms with E-state index in [1.807, 2.05) is 6.92 Å². The van der Waals surface area contributed by atoms with Crippen LogP contribution in [0.1, 0.15) is 41.4 Å². The van der Waals surface area contributed by atoms with Crippen molar-refractivity contribution in [2.24, 2.45) is 0 Å². The van der Waals surface area contributed by atoms with E-state index in [0.29, 0.717) is 17.7 Å². The molecule has 0 unspecified atom stereocenters. The predicted octanol–water partition coefficient (Wildman–Crippen LogP) is 3.30. The Balaban J connectivity index is 2.27. The van der Waals surface area contributed by atoms with Crippen LogP contribution in [0.25, 0.3) is 5.52 Å². The van der Waals surface area contributed by atoms with E-state index < -0.39 is 28.3 Å². The number of carbonyl (C=O) groups is 1. The van der Waals surface area contributed by atoms with Crippen LogP contribution in [0, 0.1) is 5.82 Å². The molecule has 0 spiro atoms. The van der Waals surface area contributed by atoms with E-state index in [1.54, 1.807) is 0 Å². The number of ether oxygens (including phenoxy) is 3. The maximum absolute atomic E-state index is 13.6. The topological polar surface area (TPSA) is 108 Å². The normalized spacial score (nSPS) is 11.2. The second-order valence-electron chi connectivity index (χ2n) is 7.48. The molecule has 2 heterocycles. The van der Waals surface area contributed by atoms with Crippen LogP contribution in [0.2, 0.25) is 5.02 Å². The van der Waals surface area contributed by atoms with Gasteiger partial charge in [0.1, 0.15) is 18.2 Å². The van der Waals surface area contributed by atoms with Crippen LogP contribution < -0.4 is 15.7 Å². The zero-order valence-electron chi connectivity index (χ0n) is 18.7. The van der Waals surface area contributed by atoms with Crippen molar-refractivity contribution in [3.63, 3.8) is 0 Å². The standard InChI is InChI=1S/C23H24ClFN2O7/c1-3-4-7-34-21-19-22(29)26(9-14-5-6-18(25)17(24)8-14)10-15(12-33-13-32-2)27(19)11-16(20(21)28)23(30)31/h5-6,8,10-11H,3-4,7,9,12-13H2,1-2H3,(H,30,31). The Morgan fingerprint density at radius 2 is 2.00 bits per heavy atom. The number of hydrogen-bond acceptors (Lipinski definition) is 6. The molecule has 1 N–H and O–H groups in total. The maximum atomic E-state index is 13.6. The van der Waals surface area contributed by atoms with E-state index in [1.165, 1.54) is 40.5 Å². The number of rotatable bonds is 11. The van der Waals surface area contributed by atoms with Crippen LogP contribution in [0.3, 0.4) is 0 Å². The Kier molecular flexibility index (Phi) is 8.43. The Labute approximate surface area is 198 Å². The van der Waals surface area contributed by atoms with Crippen LogP contribution in [0.15, 0.2) is 40.2 Å². The van der Waals surface area contributed by atoms with Gasteiger partial charge in [0.15, 0.2) is 11.3 Å². The third-order valence-corrected chi connectivity index (χ3v) is 5.30. The lowest BCUT2D eigenvalue weighted by atomic mass is 10.2. The fraction of sp³-hybridized carbons (Fsp3) is 0.348. The number of methoxy groups -OCH3 is 1. The number of halogens is 2. The van der Waals surface area contributed by atoms with Crippen LogP contribution >= 0.6 is 11.6 Å². The molecule has 0 saturated heterocycles. The van der Waals surface area contributed by atoms with Crippen molar-refractivity contribution < 1.29 is 28.5 Å². The fourth-order valence-electron chi connectivity index (χ4n) is 3.35. The van der Waals surface area contributed by atoms with Gasteiger partial charge in [-0.05, 0) is 24.1 Å². The van der Waals surface area contributed by atoms with E-state index in [2.05, 4.69) is 0 Å². The van der Waals surface area contributed by atoms with Crippen molar-refractivity contribution in [2.75, 3.05) is 20.5 Å². The lowest BCUT2D eigenvalue weighted by Gasteiger charge is -2.17. The molecule has 0 amide bonds. The average molecular weight is 495 g/mol. The molecule has 0 aliphatic heterocycles. The molecule has 0 aliphatic carbocycles. The summed E-state index contributed by atoms with van der Waals surface area (Å²) in [5.41, 5.74) is -1.26. The molecule has 0 aliphatic rings. The number of hydrogen-bond donors (Lipinski definition) is 1. The number of nitrogens with zero attached hydrogens (tertiary/aromatic N) is 2. The second-order valence-corrected chi connectivity index (χ2v) is 7.89. The largest absolute Gasteiger partial charge is 0.487 e. The summed E-state index contributed by atoms with van der Waals surface area (Å²) in [6.07, 6.45) is 3.91. The van der Waals surface area contributed by atoms with Crippen LogP contribution in [0.4, 0.5) is 4.39 Å². The molecule has 0 atom stereocenters. The molecule has 0 saturated carbocycles. The lowest BCUT2D eigenvalue weighted by Crippen LogP contribution is -2.30. The summed E-state index contributed by atoms with van der Waals surface area (Å²) in [5.74, 6) is -2.39. The number of carboxylic acids is 1. The van der Waals surface area contributed by atoms with Crippen molar-refractivity contribution in [1.29, 1.82) is 0 Å². The molecule has 3 rings (SSSR count). The summed E-state index contributed by atoms with van der Waals surface area (Å²) >= 11 is 5.88. The van der Waals surface area contributed by atoms with Crippen molar-refractivity contribution in [1.82, 2.24) is 8.97 Å². The first-order chi connectivity index (χ1) is 16.3. The number of pyridine rings is 1. The summed E-state index contributed by atoms with van der Waals surface area (Å²) in [6.45, 7) is 1.94. The first kappa shape index (κ1) is 25.4. The van der Waals surface area contributed by atoms with Gasteiger partial charge in [-0.3, -0.25) is 9.59 Å². The SMILES string of the molecule is CCCCOc1c(=O)c(C(=O)O)cn2c(COCOC)cn(Cc3ccc(F)c(Cl)c3)c(=O)c12. The summed E-state index contributed by atoms with van der Waals surface area (Å²) in [5, 5.41) is 9.45. The number of unbranched alkanes of at least 4 members (excludes halogenated alkanes) is 1. The Hall–Kier alpha value is -3.21. The number of benzene rings is 1. The highest BCUT2D eigenvalue weighted by Gasteiger charge is 2.22. The van der Waals surface area contributed by atoms with Gasteiger partial charge in [0.25, 0.3) is 5.56 Å². The minimum Gasteiger partial charge on any atom is -0.487 e. The summed E-state index contributed by atoms with van der Waals surface area (Å²) in [6, 6.07) is 4.07. The van der Waals surface area contributed by atoms with Gasteiger partial charge < -0.3 is 28.3 Å². The molecule has 0 bridgehead atoms. The number of aromatic carboxylic acids is 1. The Morgan fingerprint density at radius 1 is 1.24 bits per heavy atom. The van der Waals surface area contributed by atoms with Gasteiger partial charge in [-0.25, -0.2) is 9.18 Å². The third kappa shape index (κ3) is 5.46. The van der Waals surface area contributed by atoms with E-state index in [9.17, 15) is 23.9 Å². The number of fused-ring (bicyclic) bond motifs is 1. The molecule has 11 heteroatoms. The fourth-order valence-corrected chi connectivity index (χ4v) is 3.55. The Morgan fingerprint density at radius 3 is 2.65 bits per heavy atom. The highest BCUT2D eigenvalue weighted by molar-refractivity contribution is 6.30. The molecule has 182 valence electrons. The van der Waals surface area contributed by atoms with Crippen molar-refractivity contribution >= 4 is 23.1 Å². The van der Waals surface area contributed by atoms with Gasteiger partial charge >= 0.3 is 5.97 Å². The molecule has 1 aromatic carbocycles. The highest BCUT2D eigenvalue weighted by Crippen LogP contribution is 2.19. The minimum absolute atomic E-state index is 0.00981. The monoisotopic (exact) mass is 494 g/mol. The van der Waals surface area contributed by atoms with Crippen molar-refractivity contribution in [2.45, 2.75) is 32.9 Å². The lowest BCUT2D eigenvalue weighted by molar-refractivity contribution is -0.0405. The molecule has 0 fully saturated rings. The molecular weight excluding hydrogens is 471 g/mol. The highest BCUT2D eigenvalue weighted by atomic mass is 35.5. The molecular formula is C23H24ClFN2O7. The number of carboxylic acid groups (broad SMARTS) is 1.